The van der Waals surface area contributed by atoms with E-state index in [4.69, 9.17) is 0 Å². The molecule has 0 N–H and O–H groups in total. The van der Waals surface area contributed by atoms with Crippen molar-refractivity contribution in [2.24, 2.45) is 16.2 Å². The highest BCUT2D eigenvalue weighted by Gasteiger charge is 2.69. The third kappa shape index (κ3) is 1.90. The summed E-state index contributed by atoms with van der Waals surface area (Å²) in [6, 6.07) is 0.146. The third-order valence-corrected chi connectivity index (χ3v) is 6.40. The van der Waals surface area contributed by atoms with Crippen molar-refractivity contribution in [2.45, 2.75) is 85.2 Å². The lowest BCUT2D eigenvalue weighted by atomic mass is 9.56. The topological polar surface area (TPSA) is 20.3 Å². The van der Waals surface area contributed by atoms with Gasteiger partial charge in [-0.25, -0.2) is 0 Å². The average molecular weight is 277 g/mol. The van der Waals surface area contributed by atoms with Gasteiger partial charge in [-0.3, -0.25) is 9.69 Å². The Kier molecular flexibility index (Phi) is 2.83. The molecule has 1 saturated heterocycles. The number of carbonyl (C=O) groups is 1. The molecule has 2 atom stereocenters. The zero-order valence-corrected chi connectivity index (χ0v) is 14.2. The molecule has 0 amide bonds. The number of Topliss-reactive ketones (excluding diaryl/α,β-unsaturated/α-hetero) is 1. The molecule has 0 bridgehead atoms. The third-order valence-electron chi connectivity index (χ3n) is 6.40. The maximum absolute atomic E-state index is 12.9. The molecule has 0 aromatic carbocycles. The summed E-state index contributed by atoms with van der Waals surface area (Å²) in [6.07, 6.45) is 6.73. The van der Waals surface area contributed by atoms with E-state index in [1.165, 1.54) is 25.7 Å². The molecule has 0 aromatic rings. The number of likely N-dealkylation sites (tertiary alicyclic amines) is 1. The minimum atomic E-state index is -0.222. The first-order valence-corrected chi connectivity index (χ1v) is 8.32. The number of fused-ring (bicyclic) bond motifs is 1. The second-order valence-corrected chi connectivity index (χ2v) is 9.69. The monoisotopic (exact) mass is 277 g/mol. The van der Waals surface area contributed by atoms with Crippen molar-refractivity contribution in [2.75, 3.05) is 6.54 Å². The Morgan fingerprint density at radius 3 is 1.80 bits per heavy atom. The molecule has 20 heavy (non-hydrogen) atoms. The SMILES string of the molecule is CC(C)(C)C(=O)[C@@H]1CC2(CCC23CC3)CN1C(C)(C)C. The summed E-state index contributed by atoms with van der Waals surface area (Å²) >= 11 is 0. The van der Waals surface area contributed by atoms with Crippen LogP contribution in [0.25, 0.3) is 0 Å². The van der Waals surface area contributed by atoms with E-state index in [1.54, 1.807) is 0 Å². The van der Waals surface area contributed by atoms with Gasteiger partial charge in [0.25, 0.3) is 0 Å². The lowest BCUT2D eigenvalue weighted by molar-refractivity contribution is -0.132. The van der Waals surface area contributed by atoms with E-state index >= 15 is 0 Å². The van der Waals surface area contributed by atoms with Crippen molar-refractivity contribution in [3.05, 3.63) is 0 Å². The fourth-order valence-corrected chi connectivity index (χ4v) is 4.75. The summed E-state index contributed by atoms with van der Waals surface area (Å²) in [5.74, 6) is 0.451. The summed E-state index contributed by atoms with van der Waals surface area (Å²) in [5.41, 5.74) is 0.996. The van der Waals surface area contributed by atoms with Gasteiger partial charge in [0.1, 0.15) is 0 Å². The molecule has 3 rings (SSSR count). The Morgan fingerprint density at radius 1 is 0.950 bits per heavy atom. The van der Waals surface area contributed by atoms with Crippen molar-refractivity contribution >= 4 is 5.78 Å². The molecular weight excluding hydrogens is 246 g/mol. The standard InChI is InChI=1S/C18H31NO/c1-15(2,3)14(20)13-11-18(10-9-17(18)7-8-17)12-19(13)16(4,5)6/h13H,7-12H2,1-6H3/t13-,18?/m0/s1. The molecular formula is C18H31NO. The maximum atomic E-state index is 12.9. The first-order chi connectivity index (χ1) is 9.01. The number of ketones is 1. The van der Waals surface area contributed by atoms with Crippen LogP contribution in [0.4, 0.5) is 0 Å². The molecule has 3 aliphatic rings. The van der Waals surface area contributed by atoms with Crippen molar-refractivity contribution in [1.29, 1.82) is 0 Å². The van der Waals surface area contributed by atoms with E-state index in [-0.39, 0.29) is 17.0 Å². The van der Waals surface area contributed by atoms with Crippen LogP contribution in [-0.4, -0.2) is 28.8 Å². The predicted octanol–water partition coefficient (Wildman–Crippen LogP) is 4.03. The van der Waals surface area contributed by atoms with Crippen LogP contribution in [0.5, 0.6) is 0 Å². The lowest BCUT2D eigenvalue weighted by Crippen LogP contribution is -2.51. The molecule has 2 nitrogen and oxygen atoms in total. The molecule has 0 aromatic heterocycles. The molecule has 2 aliphatic carbocycles. The molecule has 1 unspecified atom stereocenters. The Balaban J connectivity index is 1.89. The first-order valence-electron chi connectivity index (χ1n) is 8.32. The van der Waals surface area contributed by atoms with E-state index in [2.05, 4.69) is 46.4 Å². The lowest BCUT2D eigenvalue weighted by Gasteiger charge is -2.49. The fourth-order valence-electron chi connectivity index (χ4n) is 4.75. The second-order valence-electron chi connectivity index (χ2n) is 9.69. The van der Waals surface area contributed by atoms with Crippen molar-refractivity contribution in [3.63, 3.8) is 0 Å². The molecule has 2 spiro atoms. The van der Waals surface area contributed by atoms with E-state index in [0.717, 1.165) is 13.0 Å². The first kappa shape index (κ1) is 14.6. The molecule has 2 heteroatoms. The fraction of sp³-hybridized carbons (Fsp3) is 0.944. The minimum Gasteiger partial charge on any atom is -0.297 e. The van der Waals surface area contributed by atoms with E-state index < -0.39 is 0 Å². The molecule has 0 radical (unpaired) electrons. The Bertz CT molecular complexity index is 435. The Labute approximate surface area is 124 Å². The van der Waals surface area contributed by atoms with Crippen LogP contribution in [0.1, 0.15) is 73.6 Å². The highest BCUT2D eigenvalue weighted by Crippen LogP contribution is 2.75. The van der Waals surface area contributed by atoms with Crippen LogP contribution < -0.4 is 0 Å². The predicted molar refractivity (Wildman–Crippen MR) is 82.7 cm³/mol. The van der Waals surface area contributed by atoms with Crippen LogP contribution in [0.15, 0.2) is 0 Å². The number of carbonyl (C=O) groups excluding carboxylic acids is 1. The van der Waals surface area contributed by atoms with Crippen LogP contribution >= 0.6 is 0 Å². The molecule has 114 valence electrons. The summed E-state index contributed by atoms with van der Waals surface area (Å²) in [4.78, 5) is 15.5. The van der Waals surface area contributed by atoms with Crippen molar-refractivity contribution < 1.29 is 4.79 Å². The molecule has 2 saturated carbocycles. The summed E-state index contributed by atoms with van der Waals surface area (Å²) < 4.78 is 0. The van der Waals surface area contributed by atoms with Crippen LogP contribution in [0.2, 0.25) is 0 Å². The van der Waals surface area contributed by atoms with Gasteiger partial charge >= 0.3 is 0 Å². The van der Waals surface area contributed by atoms with E-state index in [0.29, 0.717) is 16.6 Å². The van der Waals surface area contributed by atoms with Crippen molar-refractivity contribution in [1.82, 2.24) is 4.90 Å². The van der Waals surface area contributed by atoms with Gasteiger partial charge in [-0.05, 0) is 63.7 Å². The molecule has 3 fully saturated rings. The van der Waals surface area contributed by atoms with Gasteiger partial charge in [-0.2, -0.15) is 0 Å². The van der Waals surface area contributed by atoms with E-state index in [9.17, 15) is 4.79 Å². The molecule has 1 aliphatic heterocycles. The highest BCUT2D eigenvalue weighted by atomic mass is 16.1. The van der Waals surface area contributed by atoms with Gasteiger partial charge in [0.05, 0.1) is 6.04 Å². The average Bonchev–Trinajstić information content (AvgIpc) is 3.00. The van der Waals surface area contributed by atoms with Crippen LogP contribution in [0.3, 0.4) is 0 Å². The highest BCUT2D eigenvalue weighted by molar-refractivity contribution is 5.89. The zero-order valence-electron chi connectivity index (χ0n) is 14.2. The maximum Gasteiger partial charge on any atom is 0.155 e. The normalized spacial score (nSPS) is 36.4. The van der Waals surface area contributed by atoms with Crippen molar-refractivity contribution in [3.8, 4) is 0 Å². The molecule has 1 heterocycles. The Hall–Kier alpha value is -0.370. The van der Waals surface area contributed by atoms with Gasteiger partial charge in [0.15, 0.2) is 5.78 Å². The quantitative estimate of drug-likeness (QED) is 0.721. The second kappa shape index (κ2) is 3.88. The smallest absolute Gasteiger partial charge is 0.155 e. The van der Waals surface area contributed by atoms with Crippen LogP contribution in [0, 0.1) is 16.2 Å². The van der Waals surface area contributed by atoms with Gasteiger partial charge in [-0.15, -0.1) is 0 Å². The number of hydrogen-bond acceptors (Lipinski definition) is 2. The van der Waals surface area contributed by atoms with Gasteiger partial charge < -0.3 is 0 Å². The zero-order chi connectivity index (χ0) is 15.0. The largest absolute Gasteiger partial charge is 0.297 e. The van der Waals surface area contributed by atoms with Gasteiger partial charge in [-0.1, -0.05) is 20.8 Å². The van der Waals surface area contributed by atoms with Gasteiger partial charge in [0, 0.05) is 17.5 Å². The Morgan fingerprint density at radius 2 is 1.45 bits per heavy atom. The number of hydrogen-bond donors (Lipinski definition) is 0. The van der Waals surface area contributed by atoms with E-state index in [1.807, 2.05) is 0 Å². The summed E-state index contributed by atoms with van der Waals surface area (Å²) in [5, 5.41) is 0. The number of nitrogens with zero attached hydrogens (tertiary/aromatic N) is 1. The van der Waals surface area contributed by atoms with Gasteiger partial charge in [0.2, 0.25) is 0 Å². The van der Waals surface area contributed by atoms with Crippen LogP contribution in [-0.2, 0) is 4.79 Å². The summed E-state index contributed by atoms with van der Waals surface area (Å²) in [7, 11) is 0. The minimum absolute atomic E-state index is 0.0980. The summed E-state index contributed by atoms with van der Waals surface area (Å²) in [6.45, 7) is 14.2. The number of rotatable bonds is 1.